The first-order chi connectivity index (χ1) is 14.2. The fourth-order valence-electron chi connectivity index (χ4n) is 3.61. The van der Waals surface area contributed by atoms with Crippen molar-refractivity contribution in [3.8, 4) is 17.2 Å². The van der Waals surface area contributed by atoms with E-state index in [0.29, 0.717) is 24.8 Å². The molecular weight excluding hydrogens is 378 g/mol. The minimum Gasteiger partial charge on any atom is -0.507 e. The van der Waals surface area contributed by atoms with E-state index in [1.807, 2.05) is 27.8 Å². The number of aliphatic hydroxyl groups is 1. The van der Waals surface area contributed by atoms with Crippen LogP contribution in [0.5, 0.6) is 17.2 Å². The lowest BCUT2D eigenvalue weighted by Gasteiger charge is -2.24. The van der Waals surface area contributed by atoms with Crippen LogP contribution in [0.15, 0.2) is 18.2 Å². The van der Waals surface area contributed by atoms with E-state index in [9.17, 15) is 10.2 Å². The number of hydrogen-bond acceptors (Lipinski definition) is 5. The van der Waals surface area contributed by atoms with Crippen molar-refractivity contribution in [3.05, 3.63) is 51.6 Å². The molecule has 0 atom stereocenters. The van der Waals surface area contributed by atoms with Gasteiger partial charge in [-0.05, 0) is 74.5 Å². The molecule has 0 spiro atoms. The predicted molar refractivity (Wildman–Crippen MR) is 122 cm³/mol. The van der Waals surface area contributed by atoms with Gasteiger partial charge in [0.05, 0.1) is 6.61 Å². The normalized spacial score (nSPS) is 11.4. The van der Waals surface area contributed by atoms with Crippen LogP contribution < -0.4 is 9.47 Å². The van der Waals surface area contributed by atoms with Gasteiger partial charge in [-0.25, -0.2) is 0 Å². The monoisotopic (exact) mass is 415 g/mol. The first-order valence-corrected chi connectivity index (χ1v) is 10.6. The van der Waals surface area contributed by atoms with E-state index in [2.05, 4.69) is 43.9 Å². The highest BCUT2D eigenvalue weighted by atomic mass is 16.5. The number of aromatic hydroxyl groups is 1. The predicted octanol–water partition coefficient (Wildman–Crippen LogP) is 4.63. The second-order valence-corrected chi connectivity index (χ2v) is 8.39. The summed E-state index contributed by atoms with van der Waals surface area (Å²) in [5.41, 5.74) is 5.90. The minimum absolute atomic E-state index is 0.0454. The molecule has 5 nitrogen and oxygen atoms in total. The van der Waals surface area contributed by atoms with Crippen molar-refractivity contribution in [2.75, 3.05) is 33.4 Å². The molecular formula is C25H37NO4. The summed E-state index contributed by atoms with van der Waals surface area (Å²) >= 11 is 0. The average Bonchev–Trinajstić information content (AvgIpc) is 2.70. The highest BCUT2D eigenvalue weighted by Gasteiger charge is 2.19. The van der Waals surface area contributed by atoms with Gasteiger partial charge in [0.1, 0.15) is 30.5 Å². The molecule has 0 bridgehead atoms. The van der Waals surface area contributed by atoms with Crippen molar-refractivity contribution in [1.82, 2.24) is 4.90 Å². The molecule has 2 N–H and O–H groups in total. The lowest BCUT2D eigenvalue weighted by atomic mass is 9.97. The third-order valence-electron chi connectivity index (χ3n) is 5.63. The molecule has 0 radical (unpaired) electrons. The molecule has 30 heavy (non-hydrogen) atoms. The van der Waals surface area contributed by atoms with Gasteiger partial charge in [0.25, 0.3) is 0 Å². The number of phenolic OH excluding ortho intramolecular Hbond substituents is 1. The molecule has 2 aromatic carbocycles. The highest BCUT2D eigenvalue weighted by Crippen LogP contribution is 2.37. The summed E-state index contributed by atoms with van der Waals surface area (Å²) < 4.78 is 12.0. The number of nitrogens with zero attached hydrogens (tertiary/aromatic N) is 1. The summed E-state index contributed by atoms with van der Waals surface area (Å²) in [5.74, 6) is 2.42. The Morgan fingerprint density at radius 3 is 2.30 bits per heavy atom. The van der Waals surface area contributed by atoms with E-state index in [1.54, 1.807) is 0 Å². The summed E-state index contributed by atoms with van der Waals surface area (Å²) in [6, 6.07) is 6.37. The zero-order chi connectivity index (χ0) is 22.4. The summed E-state index contributed by atoms with van der Waals surface area (Å²) in [4.78, 5) is 2.16. The Balaban J connectivity index is 2.12. The standard InChI is InChI=1S/C25H37NO4/c1-16(2)21-9-8-17(3)14-23(21)29-12-10-26(7)15-22-20(6)24(28)18(4)19(5)25(22)30-13-11-27/h8-9,14,16,27-28H,10-13,15H2,1-7H3. The molecule has 5 heteroatoms. The van der Waals surface area contributed by atoms with Gasteiger partial charge in [0, 0.05) is 18.7 Å². The van der Waals surface area contributed by atoms with Gasteiger partial charge >= 0.3 is 0 Å². The van der Waals surface area contributed by atoms with Crippen molar-refractivity contribution in [2.45, 2.75) is 54.0 Å². The molecule has 0 aliphatic heterocycles. The van der Waals surface area contributed by atoms with E-state index >= 15 is 0 Å². The van der Waals surface area contributed by atoms with Crippen molar-refractivity contribution < 1.29 is 19.7 Å². The van der Waals surface area contributed by atoms with Crippen molar-refractivity contribution in [2.24, 2.45) is 0 Å². The third kappa shape index (κ3) is 5.67. The number of likely N-dealkylation sites (N-methyl/N-ethyl adjacent to an activating group) is 1. The van der Waals surface area contributed by atoms with Gasteiger partial charge in [0.15, 0.2) is 0 Å². The zero-order valence-electron chi connectivity index (χ0n) is 19.5. The molecule has 0 amide bonds. The van der Waals surface area contributed by atoms with Gasteiger partial charge in [-0.15, -0.1) is 0 Å². The van der Waals surface area contributed by atoms with E-state index in [-0.39, 0.29) is 13.2 Å². The lowest BCUT2D eigenvalue weighted by Crippen LogP contribution is -2.25. The number of aryl methyl sites for hydroxylation is 1. The Morgan fingerprint density at radius 1 is 0.967 bits per heavy atom. The summed E-state index contributed by atoms with van der Waals surface area (Å²) in [5, 5.41) is 19.7. The topological polar surface area (TPSA) is 62.2 Å². The van der Waals surface area contributed by atoms with E-state index in [4.69, 9.17) is 9.47 Å². The number of hydrogen-bond donors (Lipinski definition) is 2. The van der Waals surface area contributed by atoms with Crippen LogP contribution in [0, 0.1) is 27.7 Å². The molecule has 0 aliphatic rings. The van der Waals surface area contributed by atoms with Crippen LogP contribution in [0.4, 0.5) is 0 Å². The maximum atomic E-state index is 10.5. The third-order valence-corrected chi connectivity index (χ3v) is 5.63. The van der Waals surface area contributed by atoms with Crippen LogP contribution in [0.25, 0.3) is 0 Å². The van der Waals surface area contributed by atoms with Crippen LogP contribution in [-0.4, -0.2) is 48.5 Å². The van der Waals surface area contributed by atoms with Crippen LogP contribution >= 0.6 is 0 Å². The number of aliphatic hydroxyl groups excluding tert-OH is 1. The largest absolute Gasteiger partial charge is 0.507 e. The van der Waals surface area contributed by atoms with Crippen LogP contribution in [-0.2, 0) is 6.54 Å². The van der Waals surface area contributed by atoms with Gasteiger partial charge in [0.2, 0.25) is 0 Å². The SMILES string of the molecule is Cc1ccc(C(C)C)c(OCCN(C)Cc2c(C)c(O)c(C)c(C)c2OCCO)c1. The molecule has 2 aromatic rings. The fourth-order valence-corrected chi connectivity index (χ4v) is 3.61. The van der Waals surface area contributed by atoms with E-state index in [1.165, 1.54) is 11.1 Å². The first-order valence-electron chi connectivity index (χ1n) is 10.6. The van der Waals surface area contributed by atoms with E-state index < -0.39 is 0 Å². The summed E-state index contributed by atoms with van der Waals surface area (Å²) in [6.45, 7) is 14.3. The molecule has 0 unspecified atom stereocenters. The van der Waals surface area contributed by atoms with Gasteiger partial charge in [-0.3, -0.25) is 4.90 Å². The molecule has 0 aliphatic carbocycles. The van der Waals surface area contributed by atoms with E-state index in [0.717, 1.165) is 40.3 Å². The second kappa shape index (κ2) is 10.7. The summed E-state index contributed by atoms with van der Waals surface area (Å²) in [6.07, 6.45) is 0. The van der Waals surface area contributed by atoms with Gasteiger partial charge < -0.3 is 19.7 Å². The Bertz CT molecular complexity index is 861. The Kier molecular flexibility index (Phi) is 8.56. The molecule has 2 rings (SSSR count). The zero-order valence-corrected chi connectivity index (χ0v) is 19.5. The molecule has 0 saturated heterocycles. The number of benzene rings is 2. The summed E-state index contributed by atoms with van der Waals surface area (Å²) in [7, 11) is 2.03. The van der Waals surface area contributed by atoms with Crippen LogP contribution in [0.1, 0.15) is 53.1 Å². The maximum Gasteiger partial charge on any atom is 0.127 e. The van der Waals surface area contributed by atoms with Gasteiger partial charge in [-0.2, -0.15) is 0 Å². The van der Waals surface area contributed by atoms with Crippen molar-refractivity contribution in [1.29, 1.82) is 0 Å². The molecule has 0 aromatic heterocycles. The van der Waals surface area contributed by atoms with Crippen LogP contribution in [0.3, 0.4) is 0 Å². The van der Waals surface area contributed by atoms with Crippen molar-refractivity contribution in [3.63, 3.8) is 0 Å². The molecule has 166 valence electrons. The number of rotatable bonds is 10. The number of ether oxygens (including phenoxy) is 2. The number of phenols is 1. The average molecular weight is 416 g/mol. The maximum absolute atomic E-state index is 10.5. The molecule has 0 saturated carbocycles. The Hall–Kier alpha value is -2.24. The molecule has 0 fully saturated rings. The van der Waals surface area contributed by atoms with Crippen molar-refractivity contribution >= 4 is 0 Å². The first kappa shape index (κ1) is 24.0. The van der Waals surface area contributed by atoms with Crippen LogP contribution in [0.2, 0.25) is 0 Å². The smallest absolute Gasteiger partial charge is 0.127 e. The fraction of sp³-hybridized carbons (Fsp3) is 0.520. The quantitative estimate of drug-likeness (QED) is 0.592. The lowest BCUT2D eigenvalue weighted by molar-refractivity contribution is 0.195. The highest BCUT2D eigenvalue weighted by molar-refractivity contribution is 5.57. The molecule has 0 heterocycles. The minimum atomic E-state index is -0.0454. The second-order valence-electron chi connectivity index (χ2n) is 8.39. The Labute approximate surface area is 181 Å². The Morgan fingerprint density at radius 2 is 1.67 bits per heavy atom. The van der Waals surface area contributed by atoms with Gasteiger partial charge in [-0.1, -0.05) is 26.0 Å².